The first-order chi connectivity index (χ1) is 10.8. The lowest BCUT2D eigenvalue weighted by Gasteiger charge is -2.36. The minimum Gasteiger partial charge on any atom is -0.493 e. The molecule has 0 radical (unpaired) electrons. The van der Waals surface area contributed by atoms with Gasteiger partial charge in [-0.25, -0.2) is 4.99 Å². The Hall–Kier alpha value is -1.80. The molecule has 0 saturated heterocycles. The molecule has 2 rings (SSSR count). The Morgan fingerprint density at radius 1 is 1.17 bits per heavy atom. The molecule has 0 fully saturated rings. The molecule has 0 atom stereocenters. The number of hydrogen-bond donors (Lipinski definition) is 2. The van der Waals surface area contributed by atoms with Crippen molar-refractivity contribution in [3.8, 4) is 5.75 Å². The van der Waals surface area contributed by atoms with Crippen LogP contribution in [-0.4, -0.2) is 35.9 Å². The van der Waals surface area contributed by atoms with Gasteiger partial charge in [-0.1, -0.05) is 17.7 Å². The van der Waals surface area contributed by atoms with Crippen LogP contribution >= 0.6 is 17.0 Å². The molecule has 24 heavy (non-hydrogen) atoms. The average Bonchev–Trinajstić information content (AvgIpc) is 2.42. The normalized spacial score (nSPS) is 16.1. The van der Waals surface area contributed by atoms with E-state index < -0.39 is 5.66 Å². The third-order valence-corrected chi connectivity index (χ3v) is 3.42. The number of guanidine groups is 2. The third-order valence-electron chi connectivity index (χ3n) is 3.42. The summed E-state index contributed by atoms with van der Waals surface area (Å²) in [5.41, 5.74) is 13.1. The van der Waals surface area contributed by atoms with Gasteiger partial charge in [0.1, 0.15) is 5.75 Å². The zero-order chi connectivity index (χ0) is 17.0. The molecule has 8 heteroatoms. The molecular weight excluding hydrogens is 374 g/mol. The third kappa shape index (κ3) is 5.10. The molecule has 0 aromatic heterocycles. The molecule has 7 nitrogen and oxygen atoms in total. The van der Waals surface area contributed by atoms with E-state index >= 15 is 0 Å². The van der Waals surface area contributed by atoms with Gasteiger partial charge in [-0.15, -0.1) is 17.0 Å². The van der Waals surface area contributed by atoms with Crippen molar-refractivity contribution in [1.29, 1.82) is 0 Å². The highest BCUT2D eigenvalue weighted by Crippen LogP contribution is 2.21. The molecule has 1 aromatic rings. The van der Waals surface area contributed by atoms with Crippen molar-refractivity contribution in [3.63, 3.8) is 0 Å². The molecule has 1 aliphatic heterocycles. The SMILES string of the molecule is Br.Cc1ccc(OCCCON2C(N)=NC(N)=NC2(C)C)c(C)c1. The first-order valence-corrected chi connectivity index (χ1v) is 7.62. The Labute approximate surface area is 153 Å². The number of halogens is 1. The van der Waals surface area contributed by atoms with Gasteiger partial charge in [-0.05, 0) is 39.3 Å². The molecule has 4 N–H and O–H groups in total. The fraction of sp³-hybridized carbons (Fsp3) is 0.500. The van der Waals surface area contributed by atoms with Gasteiger partial charge in [-0.3, -0.25) is 4.84 Å². The average molecular weight is 400 g/mol. The van der Waals surface area contributed by atoms with Crippen LogP contribution < -0.4 is 16.2 Å². The van der Waals surface area contributed by atoms with Gasteiger partial charge in [0.15, 0.2) is 5.66 Å². The van der Waals surface area contributed by atoms with E-state index in [-0.39, 0.29) is 28.9 Å². The maximum absolute atomic E-state index is 5.84. The van der Waals surface area contributed by atoms with Crippen LogP contribution in [0, 0.1) is 13.8 Å². The topological polar surface area (TPSA) is 98.5 Å². The highest BCUT2D eigenvalue weighted by atomic mass is 79.9. The van der Waals surface area contributed by atoms with E-state index in [1.807, 2.05) is 32.9 Å². The Kier molecular flexibility index (Phi) is 7.04. The zero-order valence-corrected chi connectivity index (χ0v) is 16.3. The van der Waals surface area contributed by atoms with Crippen LogP contribution in [-0.2, 0) is 4.84 Å². The summed E-state index contributed by atoms with van der Waals surface area (Å²) in [6, 6.07) is 6.12. The number of ether oxygens (including phenoxy) is 1. The summed E-state index contributed by atoms with van der Waals surface area (Å²) < 4.78 is 5.77. The van der Waals surface area contributed by atoms with Crippen molar-refractivity contribution in [3.05, 3.63) is 29.3 Å². The highest BCUT2D eigenvalue weighted by molar-refractivity contribution is 8.93. The number of aliphatic imine (C=N–C) groups is 2. The second kappa shape index (κ2) is 8.34. The van der Waals surface area contributed by atoms with Gasteiger partial charge in [0.05, 0.1) is 13.2 Å². The van der Waals surface area contributed by atoms with Gasteiger partial charge >= 0.3 is 0 Å². The maximum Gasteiger partial charge on any atom is 0.226 e. The molecule has 0 aliphatic carbocycles. The smallest absolute Gasteiger partial charge is 0.226 e. The number of hydroxylamine groups is 2. The molecule has 1 heterocycles. The summed E-state index contributed by atoms with van der Waals surface area (Å²) in [5, 5.41) is 1.47. The van der Waals surface area contributed by atoms with Gasteiger partial charge in [0.2, 0.25) is 11.9 Å². The van der Waals surface area contributed by atoms with E-state index in [9.17, 15) is 0 Å². The second-order valence-electron chi connectivity index (χ2n) is 6.03. The standard InChI is InChI=1S/C16H25N5O2.BrH/c1-11-6-7-13(12(2)10-11)22-8-5-9-23-21-15(18)19-14(17)20-16(21,3)4;/h6-7,10H,5,8-9H2,1-4H3,(H4,17,18,19,20);1H. The molecule has 0 unspecified atom stereocenters. The van der Waals surface area contributed by atoms with Crippen LogP contribution in [0.4, 0.5) is 0 Å². The van der Waals surface area contributed by atoms with E-state index in [2.05, 4.69) is 23.0 Å². The maximum atomic E-state index is 5.84. The lowest BCUT2D eigenvalue weighted by atomic mass is 10.1. The molecule has 0 spiro atoms. The van der Waals surface area contributed by atoms with Crippen LogP contribution in [0.15, 0.2) is 28.2 Å². The van der Waals surface area contributed by atoms with Gasteiger partial charge in [-0.2, -0.15) is 10.1 Å². The summed E-state index contributed by atoms with van der Waals surface area (Å²) in [7, 11) is 0. The Bertz CT molecular complexity index is 631. The number of rotatable bonds is 6. The molecule has 134 valence electrons. The minimum atomic E-state index is -0.676. The van der Waals surface area contributed by atoms with E-state index in [0.29, 0.717) is 19.6 Å². The van der Waals surface area contributed by atoms with Crippen molar-refractivity contribution in [2.24, 2.45) is 21.5 Å². The van der Waals surface area contributed by atoms with Crippen molar-refractivity contribution in [2.75, 3.05) is 13.2 Å². The molecule has 0 bridgehead atoms. The monoisotopic (exact) mass is 399 g/mol. The second-order valence-corrected chi connectivity index (χ2v) is 6.03. The number of nitrogens with zero attached hydrogens (tertiary/aromatic N) is 3. The fourth-order valence-electron chi connectivity index (χ4n) is 2.38. The van der Waals surface area contributed by atoms with Crippen LogP contribution in [0.3, 0.4) is 0 Å². The highest BCUT2D eigenvalue weighted by Gasteiger charge is 2.32. The molecule has 0 amide bonds. The van der Waals surface area contributed by atoms with Crippen LogP contribution in [0.1, 0.15) is 31.4 Å². The Morgan fingerprint density at radius 3 is 2.50 bits per heavy atom. The lowest BCUT2D eigenvalue weighted by Crippen LogP contribution is -2.53. The fourth-order valence-corrected chi connectivity index (χ4v) is 2.38. The molecule has 1 aliphatic rings. The first kappa shape index (κ1) is 20.2. The summed E-state index contributed by atoms with van der Waals surface area (Å²) in [4.78, 5) is 13.8. The predicted octanol–water partition coefficient (Wildman–Crippen LogP) is 2.26. The zero-order valence-electron chi connectivity index (χ0n) is 14.6. The minimum absolute atomic E-state index is 0. The van der Waals surface area contributed by atoms with Crippen LogP contribution in [0.5, 0.6) is 5.75 Å². The van der Waals surface area contributed by atoms with Crippen molar-refractivity contribution < 1.29 is 9.57 Å². The van der Waals surface area contributed by atoms with Crippen molar-refractivity contribution in [1.82, 2.24) is 5.06 Å². The van der Waals surface area contributed by atoms with Gasteiger partial charge < -0.3 is 16.2 Å². The quantitative estimate of drug-likeness (QED) is 0.714. The number of aryl methyl sites for hydroxylation is 2. The summed E-state index contributed by atoms with van der Waals surface area (Å²) >= 11 is 0. The number of benzene rings is 1. The van der Waals surface area contributed by atoms with Crippen molar-refractivity contribution >= 4 is 28.9 Å². The van der Waals surface area contributed by atoms with E-state index in [1.165, 1.54) is 10.6 Å². The van der Waals surface area contributed by atoms with E-state index in [0.717, 1.165) is 11.3 Å². The van der Waals surface area contributed by atoms with E-state index in [4.69, 9.17) is 21.0 Å². The Balaban J connectivity index is 0.00000288. The van der Waals surface area contributed by atoms with E-state index in [1.54, 1.807) is 0 Å². The van der Waals surface area contributed by atoms with Crippen LogP contribution in [0.25, 0.3) is 0 Å². The largest absolute Gasteiger partial charge is 0.493 e. The van der Waals surface area contributed by atoms with Gasteiger partial charge in [0.25, 0.3) is 0 Å². The lowest BCUT2D eigenvalue weighted by molar-refractivity contribution is -0.158. The van der Waals surface area contributed by atoms with Crippen molar-refractivity contribution in [2.45, 2.75) is 39.8 Å². The van der Waals surface area contributed by atoms with Crippen LogP contribution in [0.2, 0.25) is 0 Å². The van der Waals surface area contributed by atoms with Gasteiger partial charge in [0, 0.05) is 6.42 Å². The Morgan fingerprint density at radius 2 is 1.88 bits per heavy atom. The molecule has 0 saturated carbocycles. The molecule has 1 aromatic carbocycles. The number of nitrogens with two attached hydrogens (primary N) is 2. The molecular formula is C16H26BrN5O2. The summed E-state index contributed by atoms with van der Waals surface area (Å²) in [6.45, 7) is 8.81. The predicted molar refractivity (Wildman–Crippen MR) is 101 cm³/mol. The summed E-state index contributed by atoms with van der Waals surface area (Å²) in [6.07, 6.45) is 0.715. The number of hydrogen-bond acceptors (Lipinski definition) is 7. The summed E-state index contributed by atoms with van der Waals surface area (Å²) in [5.74, 6) is 1.26. The first-order valence-electron chi connectivity index (χ1n) is 7.62.